The zero-order chi connectivity index (χ0) is 14.2. The minimum Gasteiger partial charge on any atom is -0.211 e. The van der Waals surface area contributed by atoms with E-state index in [1.165, 1.54) is 12.2 Å². The monoisotopic (exact) mass is 264 g/mol. The molecule has 0 aromatic heterocycles. The molecule has 0 aliphatic carbocycles. The molecule has 20 heavy (non-hydrogen) atoms. The van der Waals surface area contributed by atoms with E-state index in [0.717, 1.165) is 16.7 Å². The van der Waals surface area contributed by atoms with Gasteiger partial charge in [-0.25, -0.2) is 14.6 Å². The zero-order valence-electron chi connectivity index (χ0n) is 10.7. The summed E-state index contributed by atoms with van der Waals surface area (Å²) in [5.41, 5.74) is 2.81. The Labute approximate surface area is 116 Å². The van der Waals surface area contributed by atoms with Crippen LogP contribution in [0.1, 0.15) is 11.6 Å². The molecule has 0 N–H and O–H groups in total. The minimum atomic E-state index is -0.523. The fraction of sp³-hybridized carbons (Fsp3) is 0.125. The molecule has 98 valence electrons. The summed E-state index contributed by atoms with van der Waals surface area (Å²) in [6.07, 6.45) is 3.01. The molecular formula is C16H12N2O2. The molecule has 0 bridgehead atoms. The van der Waals surface area contributed by atoms with E-state index in [2.05, 4.69) is 9.98 Å². The lowest BCUT2D eigenvalue weighted by Gasteiger charge is -2.13. The van der Waals surface area contributed by atoms with Gasteiger partial charge in [0.25, 0.3) is 0 Å². The molecule has 0 heterocycles. The van der Waals surface area contributed by atoms with E-state index in [1.807, 2.05) is 54.6 Å². The predicted molar refractivity (Wildman–Crippen MR) is 75.7 cm³/mol. The van der Waals surface area contributed by atoms with Gasteiger partial charge in [0.15, 0.2) is 0 Å². The van der Waals surface area contributed by atoms with Crippen molar-refractivity contribution in [2.24, 2.45) is 9.98 Å². The smallest absolute Gasteiger partial charge is 0.211 e. The number of benzene rings is 2. The second-order valence-electron chi connectivity index (χ2n) is 4.12. The molecule has 4 nitrogen and oxygen atoms in total. The van der Waals surface area contributed by atoms with Crippen LogP contribution in [0.2, 0.25) is 0 Å². The maximum atomic E-state index is 10.6. The van der Waals surface area contributed by atoms with Crippen molar-refractivity contribution in [3.63, 3.8) is 0 Å². The van der Waals surface area contributed by atoms with Gasteiger partial charge in [0.1, 0.15) is 6.04 Å². The van der Waals surface area contributed by atoms with Crippen molar-refractivity contribution in [3.8, 4) is 11.1 Å². The van der Waals surface area contributed by atoms with Gasteiger partial charge in [0, 0.05) is 0 Å². The first-order valence-corrected chi connectivity index (χ1v) is 6.11. The van der Waals surface area contributed by atoms with Gasteiger partial charge >= 0.3 is 0 Å². The highest BCUT2D eigenvalue weighted by atomic mass is 16.1. The normalized spacial score (nSPS) is 11.0. The Hall–Kier alpha value is -2.80. The Morgan fingerprint density at radius 3 is 2.30 bits per heavy atom. The van der Waals surface area contributed by atoms with E-state index in [-0.39, 0.29) is 6.54 Å². The largest absolute Gasteiger partial charge is 0.235 e. The Morgan fingerprint density at radius 2 is 1.60 bits per heavy atom. The number of aliphatic imine (C=N–C) groups is 2. The van der Waals surface area contributed by atoms with Crippen LogP contribution in [-0.4, -0.2) is 18.7 Å². The Balaban J connectivity index is 2.50. The van der Waals surface area contributed by atoms with E-state index in [1.54, 1.807) is 0 Å². The maximum absolute atomic E-state index is 10.6. The Kier molecular flexibility index (Phi) is 4.74. The third kappa shape index (κ3) is 3.15. The lowest BCUT2D eigenvalue weighted by molar-refractivity contribution is 0.553. The third-order valence-corrected chi connectivity index (χ3v) is 2.94. The molecule has 4 heteroatoms. The summed E-state index contributed by atoms with van der Waals surface area (Å²) in [6, 6.07) is 16.8. The van der Waals surface area contributed by atoms with E-state index < -0.39 is 6.04 Å². The summed E-state index contributed by atoms with van der Waals surface area (Å²) in [5, 5.41) is 0. The SMILES string of the molecule is O=C=NCC(N=C=O)c1ccccc1-c1ccccc1. The molecule has 1 unspecified atom stereocenters. The van der Waals surface area contributed by atoms with Gasteiger partial charge in [-0.05, 0) is 16.7 Å². The summed E-state index contributed by atoms with van der Waals surface area (Å²) in [6.45, 7) is 0.0859. The van der Waals surface area contributed by atoms with Crippen molar-refractivity contribution >= 4 is 12.2 Å². The van der Waals surface area contributed by atoms with Crippen molar-refractivity contribution < 1.29 is 9.59 Å². The number of hydrogen-bond acceptors (Lipinski definition) is 4. The highest BCUT2D eigenvalue weighted by molar-refractivity contribution is 5.68. The quantitative estimate of drug-likeness (QED) is 0.615. The molecule has 2 aromatic rings. The number of nitrogens with zero attached hydrogens (tertiary/aromatic N) is 2. The van der Waals surface area contributed by atoms with Crippen LogP contribution in [0.15, 0.2) is 64.6 Å². The summed E-state index contributed by atoms with van der Waals surface area (Å²) >= 11 is 0. The lowest BCUT2D eigenvalue weighted by atomic mass is 9.95. The van der Waals surface area contributed by atoms with Gasteiger partial charge in [-0.2, -0.15) is 4.99 Å². The molecule has 2 aromatic carbocycles. The first-order chi connectivity index (χ1) is 9.86. The van der Waals surface area contributed by atoms with Crippen molar-refractivity contribution in [1.82, 2.24) is 0 Å². The van der Waals surface area contributed by atoms with Crippen LogP contribution in [0.3, 0.4) is 0 Å². The van der Waals surface area contributed by atoms with Crippen LogP contribution in [0.4, 0.5) is 0 Å². The van der Waals surface area contributed by atoms with Crippen molar-refractivity contribution in [2.75, 3.05) is 6.54 Å². The highest BCUT2D eigenvalue weighted by Gasteiger charge is 2.14. The van der Waals surface area contributed by atoms with Gasteiger partial charge in [-0.15, -0.1) is 0 Å². The van der Waals surface area contributed by atoms with Gasteiger partial charge < -0.3 is 0 Å². The molecule has 0 saturated carbocycles. The maximum Gasteiger partial charge on any atom is 0.235 e. The van der Waals surface area contributed by atoms with Gasteiger partial charge in [0.05, 0.1) is 6.54 Å². The summed E-state index contributed by atoms with van der Waals surface area (Å²) < 4.78 is 0. The molecule has 0 aliphatic heterocycles. The van der Waals surface area contributed by atoms with E-state index >= 15 is 0 Å². The number of hydrogen-bond donors (Lipinski definition) is 0. The van der Waals surface area contributed by atoms with Crippen LogP contribution >= 0.6 is 0 Å². The number of rotatable bonds is 5. The average molecular weight is 264 g/mol. The molecule has 1 atom stereocenters. The van der Waals surface area contributed by atoms with Crippen LogP contribution in [-0.2, 0) is 9.59 Å². The van der Waals surface area contributed by atoms with E-state index in [9.17, 15) is 9.59 Å². The zero-order valence-corrected chi connectivity index (χ0v) is 10.7. The number of carbonyl (C=O) groups excluding carboxylic acids is 2. The van der Waals surface area contributed by atoms with Crippen LogP contribution in [0.25, 0.3) is 11.1 Å². The van der Waals surface area contributed by atoms with Gasteiger partial charge in [-0.3, -0.25) is 0 Å². The van der Waals surface area contributed by atoms with Gasteiger partial charge in [-0.1, -0.05) is 54.6 Å². The van der Waals surface area contributed by atoms with Crippen LogP contribution < -0.4 is 0 Å². The van der Waals surface area contributed by atoms with Crippen molar-refractivity contribution in [1.29, 1.82) is 0 Å². The average Bonchev–Trinajstić information content (AvgIpc) is 2.52. The Bertz CT molecular complexity index is 670. The van der Waals surface area contributed by atoms with E-state index in [0.29, 0.717) is 0 Å². The molecule has 0 amide bonds. The molecule has 0 radical (unpaired) electrons. The molecular weight excluding hydrogens is 252 g/mol. The minimum absolute atomic E-state index is 0.0859. The molecule has 0 fully saturated rings. The fourth-order valence-corrected chi connectivity index (χ4v) is 2.06. The molecule has 2 rings (SSSR count). The first kappa shape index (κ1) is 13.6. The van der Waals surface area contributed by atoms with Crippen molar-refractivity contribution in [2.45, 2.75) is 6.04 Å². The summed E-state index contributed by atoms with van der Waals surface area (Å²) in [7, 11) is 0. The molecule has 0 spiro atoms. The lowest BCUT2D eigenvalue weighted by Crippen LogP contribution is -2.02. The van der Waals surface area contributed by atoms with Crippen LogP contribution in [0, 0.1) is 0 Å². The number of isocyanates is 2. The topological polar surface area (TPSA) is 58.9 Å². The third-order valence-electron chi connectivity index (χ3n) is 2.94. The highest BCUT2D eigenvalue weighted by Crippen LogP contribution is 2.30. The molecule has 0 aliphatic rings. The van der Waals surface area contributed by atoms with E-state index in [4.69, 9.17) is 0 Å². The molecule has 0 saturated heterocycles. The summed E-state index contributed by atoms with van der Waals surface area (Å²) in [4.78, 5) is 28.1. The predicted octanol–water partition coefficient (Wildman–Crippen LogP) is 3.07. The second-order valence-corrected chi connectivity index (χ2v) is 4.12. The van der Waals surface area contributed by atoms with Crippen molar-refractivity contribution in [3.05, 3.63) is 60.2 Å². The second kappa shape index (κ2) is 6.95. The van der Waals surface area contributed by atoms with Gasteiger partial charge in [0.2, 0.25) is 12.2 Å². The standard InChI is InChI=1S/C16H12N2O2/c19-11-17-10-16(18-12-20)15-9-5-4-8-14(15)13-6-2-1-3-7-13/h1-9,16H,10H2. The summed E-state index contributed by atoms with van der Waals surface area (Å²) in [5.74, 6) is 0. The van der Waals surface area contributed by atoms with Crippen LogP contribution in [0.5, 0.6) is 0 Å². The Morgan fingerprint density at radius 1 is 0.900 bits per heavy atom. The fourth-order valence-electron chi connectivity index (χ4n) is 2.06. The first-order valence-electron chi connectivity index (χ1n) is 6.11.